The molecule has 0 aliphatic rings. The quantitative estimate of drug-likeness (QED) is 0.753. The van der Waals surface area contributed by atoms with E-state index in [9.17, 15) is 4.39 Å². The first-order chi connectivity index (χ1) is 11.6. The summed E-state index contributed by atoms with van der Waals surface area (Å²) in [6.07, 6.45) is 0. The van der Waals surface area contributed by atoms with Gasteiger partial charge in [-0.15, -0.1) is 5.10 Å². The predicted molar refractivity (Wildman–Crippen MR) is 88.0 cm³/mol. The maximum Gasteiger partial charge on any atom is 0.173 e. The summed E-state index contributed by atoms with van der Waals surface area (Å²) in [4.78, 5) is 0. The second-order valence-corrected chi connectivity index (χ2v) is 5.47. The standard InChI is InChI=1S/C17H18FN5O/c1-12(17-20-21-22-23(17)2)19-15-7-3-5-13(9-15)11-24-16-8-4-6-14(18)10-16/h3-10,12,19H,11H2,1-2H3/t12-/m0/s1. The van der Waals surface area contributed by atoms with Crippen molar-refractivity contribution in [2.75, 3.05) is 5.32 Å². The lowest BCUT2D eigenvalue weighted by atomic mass is 10.2. The minimum absolute atomic E-state index is 0.0376. The largest absolute Gasteiger partial charge is 0.489 e. The smallest absolute Gasteiger partial charge is 0.173 e. The monoisotopic (exact) mass is 327 g/mol. The van der Waals surface area contributed by atoms with Crippen LogP contribution in [0.1, 0.15) is 24.4 Å². The van der Waals surface area contributed by atoms with Crippen LogP contribution in [0.3, 0.4) is 0 Å². The van der Waals surface area contributed by atoms with Gasteiger partial charge in [-0.2, -0.15) is 0 Å². The molecule has 124 valence electrons. The molecule has 24 heavy (non-hydrogen) atoms. The molecule has 1 heterocycles. The molecule has 0 aliphatic heterocycles. The predicted octanol–water partition coefficient (Wildman–Crippen LogP) is 3.10. The Morgan fingerprint density at radius 1 is 1.21 bits per heavy atom. The molecule has 6 nitrogen and oxygen atoms in total. The summed E-state index contributed by atoms with van der Waals surface area (Å²) in [5.74, 6) is 0.942. The van der Waals surface area contributed by atoms with E-state index in [2.05, 4.69) is 20.8 Å². The SMILES string of the molecule is C[C@H](Nc1cccc(COc2cccc(F)c2)c1)c1nnnn1C. The van der Waals surface area contributed by atoms with Crippen LogP contribution in [-0.4, -0.2) is 20.2 Å². The van der Waals surface area contributed by atoms with E-state index in [4.69, 9.17) is 4.74 Å². The fourth-order valence-corrected chi connectivity index (χ4v) is 2.39. The zero-order valence-corrected chi connectivity index (χ0v) is 13.5. The molecular formula is C17H18FN5O. The number of nitrogens with one attached hydrogen (secondary N) is 1. The molecule has 1 atom stereocenters. The Hall–Kier alpha value is -2.96. The normalized spacial score (nSPS) is 12.0. The Morgan fingerprint density at radius 3 is 2.79 bits per heavy atom. The number of hydrogen-bond donors (Lipinski definition) is 1. The maximum atomic E-state index is 13.2. The average Bonchev–Trinajstić information content (AvgIpc) is 3.00. The van der Waals surface area contributed by atoms with Crippen LogP contribution >= 0.6 is 0 Å². The lowest BCUT2D eigenvalue weighted by Gasteiger charge is -2.14. The third-order valence-corrected chi connectivity index (χ3v) is 3.55. The summed E-state index contributed by atoms with van der Waals surface area (Å²) in [5.41, 5.74) is 1.92. The summed E-state index contributed by atoms with van der Waals surface area (Å²) in [5, 5.41) is 14.8. The van der Waals surface area contributed by atoms with E-state index >= 15 is 0 Å². The number of nitrogens with zero attached hydrogens (tertiary/aromatic N) is 4. The van der Waals surface area contributed by atoms with Crippen LogP contribution in [0.5, 0.6) is 5.75 Å². The van der Waals surface area contributed by atoms with Gasteiger partial charge in [0.25, 0.3) is 0 Å². The first-order valence-electron chi connectivity index (χ1n) is 7.58. The number of rotatable bonds is 6. The van der Waals surface area contributed by atoms with Crippen molar-refractivity contribution in [2.45, 2.75) is 19.6 Å². The van der Waals surface area contributed by atoms with Gasteiger partial charge in [-0.05, 0) is 47.2 Å². The fraction of sp³-hybridized carbons (Fsp3) is 0.235. The van der Waals surface area contributed by atoms with Gasteiger partial charge in [0, 0.05) is 18.8 Å². The molecule has 2 aromatic carbocycles. The number of aromatic nitrogens is 4. The summed E-state index contributed by atoms with van der Waals surface area (Å²) in [6, 6.07) is 13.9. The van der Waals surface area contributed by atoms with Crippen LogP contribution < -0.4 is 10.1 Å². The topological polar surface area (TPSA) is 64.9 Å². The minimum atomic E-state index is -0.311. The van der Waals surface area contributed by atoms with E-state index in [1.807, 2.05) is 31.2 Å². The first kappa shape index (κ1) is 15.9. The van der Waals surface area contributed by atoms with Crippen LogP contribution in [0.25, 0.3) is 0 Å². The van der Waals surface area contributed by atoms with E-state index in [1.54, 1.807) is 23.9 Å². The zero-order valence-electron chi connectivity index (χ0n) is 13.5. The van der Waals surface area contributed by atoms with Crippen molar-refractivity contribution in [2.24, 2.45) is 7.05 Å². The van der Waals surface area contributed by atoms with Crippen LogP contribution in [-0.2, 0) is 13.7 Å². The lowest BCUT2D eigenvalue weighted by molar-refractivity contribution is 0.304. The van der Waals surface area contributed by atoms with Gasteiger partial charge in [-0.1, -0.05) is 18.2 Å². The third-order valence-electron chi connectivity index (χ3n) is 3.55. The zero-order chi connectivity index (χ0) is 16.9. The fourth-order valence-electron chi connectivity index (χ4n) is 2.39. The molecule has 0 fully saturated rings. The van der Waals surface area contributed by atoms with Crippen molar-refractivity contribution in [3.8, 4) is 5.75 Å². The van der Waals surface area contributed by atoms with Gasteiger partial charge in [-0.3, -0.25) is 0 Å². The van der Waals surface area contributed by atoms with Crippen molar-refractivity contribution in [3.63, 3.8) is 0 Å². The number of tetrazole rings is 1. The van der Waals surface area contributed by atoms with E-state index in [1.165, 1.54) is 12.1 Å². The van der Waals surface area contributed by atoms with E-state index in [-0.39, 0.29) is 11.9 Å². The first-order valence-corrected chi connectivity index (χ1v) is 7.58. The van der Waals surface area contributed by atoms with Gasteiger partial charge in [0.15, 0.2) is 5.82 Å². The van der Waals surface area contributed by atoms with E-state index in [0.29, 0.717) is 12.4 Å². The molecular weight excluding hydrogens is 309 g/mol. The highest BCUT2D eigenvalue weighted by Crippen LogP contribution is 2.19. The molecule has 1 N–H and O–H groups in total. The molecule has 0 amide bonds. The molecule has 0 radical (unpaired) electrons. The second kappa shape index (κ2) is 7.08. The van der Waals surface area contributed by atoms with E-state index in [0.717, 1.165) is 17.1 Å². The van der Waals surface area contributed by atoms with Crippen LogP contribution in [0.15, 0.2) is 48.5 Å². The van der Waals surface area contributed by atoms with Crippen LogP contribution in [0.2, 0.25) is 0 Å². The highest BCUT2D eigenvalue weighted by atomic mass is 19.1. The van der Waals surface area contributed by atoms with Gasteiger partial charge in [0.05, 0.1) is 6.04 Å². The Bertz CT molecular complexity index is 820. The highest BCUT2D eigenvalue weighted by Gasteiger charge is 2.12. The van der Waals surface area contributed by atoms with Crippen LogP contribution in [0.4, 0.5) is 10.1 Å². The Morgan fingerprint density at radius 2 is 2.04 bits per heavy atom. The van der Waals surface area contributed by atoms with Gasteiger partial charge < -0.3 is 10.1 Å². The molecule has 0 saturated heterocycles. The summed E-state index contributed by atoms with van der Waals surface area (Å²) in [6.45, 7) is 2.35. The summed E-state index contributed by atoms with van der Waals surface area (Å²) < 4.78 is 20.4. The van der Waals surface area contributed by atoms with Crippen LogP contribution in [0, 0.1) is 5.82 Å². The number of halogens is 1. The lowest BCUT2D eigenvalue weighted by Crippen LogP contribution is -2.12. The van der Waals surface area contributed by atoms with Crippen molar-refractivity contribution < 1.29 is 9.13 Å². The minimum Gasteiger partial charge on any atom is -0.489 e. The van der Waals surface area contributed by atoms with Crippen molar-refractivity contribution in [1.82, 2.24) is 20.2 Å². The number of ether oxygens (including phenoxy) is 1. The molecule has 7 heteroatoms. The maximum absolute atomic E-state index is 13.2. The Labute approximate surface area is 139 Å². The number of anilines is 1. The number of hydrogen-bond acceptors (Lipinski definition) is 5. The molecule has 0 saturated carbocycles. The molecule has 0 unspecified atom stereocenters. The van der Waals surface area contributed by atoms with Crippen molar-refractivity contribution in [3.05, 3.63) is 65.7 Å². The summed E-state index contributed by atoms with van der Waals surface area (Å²) >= 11 is 0. The molecule has 3 aromatic rings. The van der Waals surface area contributed by atoms with Gasteiger partial charge in [-0.25, -0.2) is 9.07 Å². The molecule has 1 aromatic heterocycles. The second-order valence-electron chi connectivity index (χ2n) is 5.47. The van der Waals surface area contributed by atoms with Gasteiger partial charge in [0.2, 0.25) is 0 Å². The number of aryl methyl sites for hydroxylation is 1. The molecule has 0 aliphatic carbocycles. The van der Waals surface area contributed by atoms with Gasteiger partial charge in [0.1, 0.15) is 18.2 Å². The molecule has 3 rings (SSSR count). The van der Waals surface area contributed by atoms with Crippen molar-refractivity contribution in [1.29, 1.82) is 0 Å². The Balaban J connectivity index is 1.64. The molecule has 0 bridgehead atoms. The van der Waals surface area contributed by atoms with Gasteiger partial charge >= 0.3 is 0 Å². The highest BCUT2D eigenvalue weighted by molar-refractivity contribution is 5.46. The molecule has 0 spiro atoms. The summed E-state index contributed by atoms with van der Waals surface area (Å²) in [7, 11) is 1.80. The van der Waals surface area contributed by atoms with Crippen molar-refractivity contribution >= 4 is 5.69 Å². The third kappa shape index (κ3) is 3.87. The Kier molecular flexibility index (Phi) is 4.69. The van der Waals surface area contributed by atoms with E-state index < -0.39 is 0 Å². The average molecular weight is 327 g/mol. The number of benzene rings is 2.